The van der Waals surface area contributed by atoms with Gasteiger partial charge < -0.3 is 9.42 Å². The molecule has 7 nitrogen and oxygen atoms in total. The molecule has 1 saturated carbocycles. The lowest BCUT2D eigenvalue weighted by Crippen LogP contribution is -2.67. The van der Waals surface area contributed by atoms with Crippen molar-refractivity contribution < 1.29 is 22.1 Å². The Morgan fingerprint density at radius 3 is 2.72 bits per heavy atom. The van der Waals surface area contributed by atoms with Crippen LogP contribution in [0.15, 0.2) is 28.8 Å². The standard InChI is InChI=1S/C20H22FN3O4S/c21-16-4-2-1-3-14(16)10-17-22-19(28-23-17)15-7-8-29(26,27)20(15)11-24(12-20)18(25)9-13-5-6-13/h1-4,13,15H,5-12H2. The van der Waals surface area contributed by atoms with Crippen molar-refractivity contribution in [3.63, 3.8) is 0 Å². The Bertz CT molecular complexity index is 1060. The molecule has 1 unspecified atom stereocenters. The molecule has 1 aliphatic carbocycles. The summed E-state index contributed by atoms with van der Waals surface area (Å²) in [5.41, 5.74) is 0.453. The van der Waals surface area contributed by atoms with Gasteiger partial charge in [-0.2, -0.15) is 4.98 Å². The minimum absolute atomic E-state index is 0.0322. The van der Waals surface area contributed by atoms with E-state index in [1.807, 2.05) is 0 Å². The molecule has 3 fully saturated rings. The molecule has 1 spiro atoms. The highest BCUT2D eigenvalue weighted by atomic mass is 32.2. The average Bonchev–Trinajstić information content (AvgIpc) is 3.25. The number of halogens is 1. The predicted molar refractivity (Wildman–Crippen MR) is 101 cm³/mol. The second-order valence-corrected chi connectivity index (χ2v) is 10.9. The van der Waals surface area contributed by atoms with Gasteiger partial charge in [-0.3, -0.25) is 4.79 Å². The van der Waals surface area contributed by atoms with E-state index >= 15 is 0 Å². The minimum atomic E-state index is -3.36. The molecular weight excluding hydrogens is 397 g/mol. The number of nitrogens with zero attached hydrogens (tertiary/aromatic N) is 3. The highest BCUT2D eigenvalue weighted by Crippen LogP contribution is 2.50. The summed E-state index contributed by atoms with van der Waals surface area (Å²) in [6.07, 6.45) is 3.24. The van der Waals surface area contributed by atoms with Crippen molar-refractivity contribution in [3.8, 4) is 0 Å². The van der Waals surface area contributed by atoms with E-state index in [-0.39, 0.29) is 42.9 Å². The molecule has 5 rings (SSSR count). The van der Waals surface area contributed by atoms with E-state index in [0.29, 0.717) is 30.1 Å². The topological polar surface area (TPSA) is 93.4 Å². The zero-order valence-electron chi connectivity index (χ0n) is 15.9. The third-order valence-corrected chi connectivity index (χ3v) is 9.00. The minimum Gasteiger partial charge on any atom is -0.339 e. The van der Waals surface area contributed by atoms with Crippen molar-refractivity contribution in [2.45, 2.75) is 42.8 Å². The van der Waals surface area contributed by atoms with Crippen LogP contribution in [0, 0.1) is 11.7 Å². The number of hydrogen-bond acceptors (Lipinski definition) is 6. The van der Waals surface area contributed by atoms with Gasteiger partial charge in [-0.1, -0.05) is 23.4 Å². The van der Waals surface area contributed by atoms with Crippen molar-refractivity contribution in [2.24, 2.45) is 5.92 Å². The van der Waals surface area contributed by atoms with Crippen LogP contribution in [0.3, 0.4) is 0 Å². The summed E-state index contributed by atoms with van der Waals surface area (Å²) in [6, 6.07) is 6.37. The number of benzene rings is 1. The number of amides is 1. The Morgan fingerprint density at radius 1 is 1.24 bits per heavy atom. The fourth-order valence-electron chi connectivity index (χ4n) is 4.49. The molecule has 1 amide bonds. The van der Waals surface area contributed by atoms with Crippen molar-refractivity contribution in [2.75, 3.05) is 18.8 Å². The maximum atomic E-state index is 13.9. The molecule has 154 valence electrons. The van der Waals surface area contributed by atoms with Crippen molar-refractivity contribution in [3.05, 3.63) is 47.4 Å². The largest absolute Gasteiger partial charge is 0.339 e. The molecule has 3 heterocycles. The van der Waals surface area contributed by atoms with E-state index in [1.54, 1.807) is 23.1 Å². The first kappa shape index (κ1) is 18.7. The van der Waals surface area contributed by atoms with Crippen LogP contribution in [0.5, 0.6) is 0 Å². The predicted octanol–water partition coefficient (Wildman–Crippen LogP) is 2.08. The SMILES string of the molecule is O=C(CC1CC1)N1CC2(C1)C(c1nc(Cc3ccccc3F)no1)CCS2(=O)=O. The van der Waals surface area contributed by atoms with Crippen LogP contribution in [0.25, 0.3) is 0 Å². The van der Waals surface area contributed by atoms with Crippen LogP contribution in [0.4, 0.5) is 4.39 Å². The smallest absolute Gasteiger partial charge is 0.231 e. The number of rotatable bonds is 5. The van der Waals surface area contributed by atoms with E-state index in [0.717, 1.165) is 12.8 Å². The van der Waals surface area contributed by atoms with E-state index < -0.39 is 20.5 Å². The molecule has 2 aromatic rings. The van der Waals surface area contributed by atoms with Gasteiger partial charge in [0.05, 0.1) is 11.7 Å². The van der Waals surface area contributed by atoms with E-state index in [1.165, 1.54) is 6.07 Å². The Hall–Kier alpha value is -2.29. The van der Waals surface area contributed by atoms with Gasteiger partial charge in [-0.15, -0.1) is 0 Å². The van der Waals surface area contributed by atoms with Crippen LogP contribution in [0.1, 0.15) is 48.9 Å². The lowest BCUT2D eigenvalue weighted by molar-refractivity contribution is -0.137. The number of sulfone groups is 1. The van der Waals surface area contributed by atoms with Crippen LogP contribution in [-0.2, 0) is 21.1 Å². The normalized spacial score (nSPS) is 24.6. The molecule has 2 aliphatic heterocycles. The molecule has 0 bridgehead atoms. The number of carbonyl (C=O) groups excluding carboxylic acids is 1. The molecule has 0 N–H and O–H groups in total. The Labute approximate surface area is 168 Å². The zero-order valence-corrected chi connectivity index (χ0v) is 16.7. The summed E-state index contributed by atoms with van der Waals surface area (Å²) in [7, 11) is -3.36. The number of hydrogen-bond donors (Lipinski definition) is 0. The lowest BCUT2D eigenvalue weighted by atomic mass is 9.82. The van der Waals surface area contributed by atoms with Gasteiger partial charge in [-0.05, 0) is 36.8 Å². The molecule has 0 radical (unpaired) electrons. The first-order valence-corrected chi connectivity index (χ1v) is 11.6. The highest BCUT2D eigenvalue weighted by molar-refractivity contribution is 7.93. The van der Waals surface area contributed by atoms with Crippen molar-refractivity contribution >= 4 is 15.7 Å². The number of aromatic nitrogens is 2. The van der Waals surface area contributed by atoms with Crippen molar-refractivity contribution in [1.29, 1.82) is 0 Å². The summed E-state index contributed by atoms with van der Waals surface area (Å²) in [5.74, 6) is 0.365. The van der Waals surface area contributed by atoms with E-state index in [2.05, 4.69) is 10.1 Å². The fourth-order valence-corrected chi connectivity index (χ4v) is 6.80. The molecular formula is C20H22FN3O4S. The van der Waals surface area contributed by atoms with Gasteiger partial charge in [0.25, 0.3) is 0 Å². The summed E-state index contributed by atoms with van der Waals surface area (Å²) in [4.78, 5) is 18.4. The second kappa shape index (κ2) is 6.62. The quantitative estimate of drug-likeness (QED) is 0.737. The van der Waals surface area contributed by atoms with Gasteiger partial charge in [0.15, 0.2) is 15.7 Å². The van der Waals surface area contributed by atoms with Crippen molar-refractivity contribution in [1.82, 2.24) is 15.0 Å². The summed E-state index contributed by atoms with van der Waals surface area (Å²) < 4.78 is 43.9. The Kier molecular flexibility index (Phi) is 4.27. The molecule has 29 heavy (non-hydrogen) atoms. The molecule has 1 aromatic carbocycles. The first-order valence-electron chi connectivity index (χ1n) is 9.94. The first-order chi connectivity index (χ1) is 13.9. The monoisotopic (exact) mass is 419 g/mol. The number of likely N-dealkylation sites (tertiary alicyclic amines) is 1. The Balaban J connectivity index is 1.34. The van der Waals surface area contributed by atoms with Crippen LogP contribution in [-0.4, -0.2) is 53.0 Å². The van der Waals surface area contributed by atoms with E-state index in [4.69, 9.17) is 4.52 Å². The third-order valence-electron chi connectivity index (χ3n) is 6.45. The van der Waals surface area contributed by atoms with Gasteiger partial charge in [0, 0.05) is 25.9 Å². The van der Waals surface area contributed by atoms with Gasteiger partial charge in [0.1, 0.15) is 10.6 Å². The second-order valence-electron chi connectivity index (χ2n) is 8.44. The summed E-state index contributed by atoms with van der Waals surface area (Å²) in [6.45, 7) is 0.382. The Morgan fingerprint density at radius 2 is 2.00 bits per heavy atom. The highest BCUT2D eigenvalue weighted by Gasteiger charge is 2.64. The molecule has 2 saturated heterocycles. The molecule has 1 atom stereocenters. The summed E-state index contributed by atoms with van der Waals surface area (Å²) >= 11 is 0. The van der Waals surface area contributed by atoms with Crippen LogP contribution < -0.4 is 0 Å². The van der Waals surface area contributed by atoms with Crippen LogP contribution >= 0.6 is 0 Å². The van der Waals surface area contributed by atoms with Crippen LogP contribution in [0.2, 0.25) is 0 Å². The molecule has 3 aliphatic rings. The lowest BCUT2D eigenvalue weighted by Gasteiger charge is -2.49. The van der Waals surface area contributed by atoms with Gasteiger partial charge in [-0.25, -0.2) is 12.8 Å². The third kappa shape index (κ3) is 3.15. The van der Waals surface area contributed by atoms with Gasteiger partial charge >= 0.3 is 0 Å². The van der Waals surface area contributed by atoms with E-state index in [9.17, 15) is 17.6 Å². The number of carbonyl (C=O) groups is 1. The van der Waals surface area contributed by atoms with Gasteiger partial charge in [0.2, 0.25) is 11.8 Å². The maximum absolute atomic E-state index is 13.9. The fraction of sp³-hybridized carbons (Fsp3) is 0.550. The summed E-state index contributed by atoms with van der Waals surface area (Å²) in [5, 5.41) is 3.94. The average molecular weight is 419 g/mol. The zero-order chi connectivity index (χ0) is 20.2. The molecule has 9 heteroatoms. The maximum Gasteiger partial charge on any atom is 0.231 e. The molecule has 1 aromatic heterocycles.